The van der Waals surface area contributed by atoms with Gasteiger partial charge in [0, 0.05) is 6.54 Å². The summed E-state index contributed by atoms with van der Waals surface area (Å²) in [7, 11) is 0. The summed E-state index contributed by atoms with van der Waals surface area (Å²) in [6.07, 6.45) is -3.66. The summed E-state index contributed by atoms with van der Waals surface area (Å²) in [5.74, 6) is -0.972. The van der Waals surface area contributed by atoms with E-state index in [0.717, 1.165) is 0 Å². The fourth-order valence-electron chi connectivity index (χ4n) is 1.89. The van der Waals surface area contributed by atoms with Crippen molar-refractivity contribution >= 4 is 5.97 Å². The number of benzene rings is 1. The highest BCUT2D eigenvalue weighted by molar-refractivity contribution is 5.90. The third-order valence-electron chi connectivity index (χ3n) is 2.73. The maximum absolute atomic E-state index is 12.4. The lowest BCUT2D eigenvalue weighted by molar-refractivity contribution is -0.146. The van der Waals surface area contributed by atoms with E-state index in [4.69, 9.17) is 9.84 Å². The first-order valence-corrected chi connectivity index (χ1v) is 6.57. The molecule has 0 aliphatic carbocycles. The Labute approximate surface area is 121 Å². The summed E-state index contributed by atoms with van der Waals surface area (Å²) in [6.45, 7) is 1.19. The van der Waals surface area contributed by atoms with Gasteiger partial charge in [0.15, 0.2) is 0 Å². The molecule has 0 unspecified atom stereocenters. The molecule has 21 heavy (non-hydrogen) atoms. The van der Waals surface area contributed by atoms with Crippen LogP contribution in [-0.2, 0) is 0 Å². The minimum absolute atomic E-state index is 0.000370. The van der Waals surface area contributed by atoms with Crippen LogP contribution in [0, 0.1) is 0 Å². The van der Waals surface area contributed by atoms with Crippen LogP contribution in [0.3, 0.4) is 0 Å². The van der Waals surface area contributed by atoms with E-state index in [1.54, 1.807) is 19.1 Å². The Morgan fingerprint density at radius 3 is 2.52 bits per heavy atom. The zero-order valence-corrected chi connectivity index (χ0v) is 11.7. The fraction of sp³-hybridized carbons (Fsp3) is 0.500. The molecule has 0 amide bonds. The van der Waals surface area contributed by atoms with Gasteiger partial charge in [0.25, 0.3) is 0 Å². The molecule has 7 heteroatoms. The Balaban J connectivity index is 2.56. The highest BCUT2D eigenvalue weighted by atomic mass is 19.4. The number of carbonyl (C=O) groups is 1. The Morgan fingerprint density at radius 1 is 1.29 bits per heavy atom. The van der Waals surface area contributed by atoms with Gasteiger partial charge in [-0.25, -0.2) is 4.79 Å². The molecule has 0 spiro atoms. The van der Waals surface area contributed by atoms with Gasteiger partial charge in [0.05, 0.1) is 6.54 Å². The van der Waals surface area contributed by atoms with Gasteiger partial charge in [0.2, 0.25) is 0 Å². The molecule has 0 radical (unpaired) electrons. The highest BCUT2D eigenvalue weighted by Gasteiger charge is 2.30. The Morgan fingerprint density at radius 2 is 1.95 bits per heavy atom. The van der Waals surface area contributed by atoms with E-state index < -0.39 is 18.7 Å². The van der Waals surface area contributed by atoms with Crippen molar-refractivity contribution in [2.24, 2.45) is 0 Å². The lowest BCUT2D eigenvalue weighted by Gasteiger charge is -2.23. The summed E-state index contributed by atoms with van der Waals surface area (Å²) in [5, 5.41) is 8.97. The monoisotopic (exact) mass is 305 g/mol. The van der Waals surface area contributed by atoms with Gasteiger partial charge < -0.3 is 9.84 Å². The van der Waals surface area contributed by atoms with Crippen molar-refractivity contribution in [2.75, 3.05) is 26.2 Å². The molecule has 0 atom stereocenters. The number of hydrogen-bond acceptors (Lipinski definition) is 3. The second kappa shape index (κ2) is 7.87. The zero-order chi connectivity index (χ0) is 15.9. The molecule has 0 saturated heterocycles. The third kappa shape index (κ3) is 6.48. The zero-order valence-electron chi connectivity index (χ0n) is 11.7. The predicted molar refractivity (Wildman–Crippen MR) is 71.7 cm³/mol. The van der Waals surface area contributed by atoms with Crippen LogP contribution in [0.4, 0.5) is 13.2 Å². The molecule has 118 valence electrons. The molecule has 4 nitrogen and oxygen atoms in total. The maximum atomic E-state index is 12.4. The van der Waals surface area contributed by atoms with E-state index in [2.05, 4.69) is 0 Å². The summed E-state index contributed by atoms with van der Waals surface area (Å²) in [5.41, 5.74) is -0.00429. The lowest BCUT2D eigenvalue weighted by Crippen LogP contribution is -2.37. The maximum Gasteiger partial charge on any atom is 0.401 e. The molecule has 1 aromatic rings. The summed E-state index contributed by atoms with van der Waals surface area (Å²) < 4.78 is 42.5. The first kappa shape index (κ1) is 17.3. The van der Waals surface area contributed by atoms with Crippen LogP contribution in [0.5, 0.6) is 5.75 Å². The third-order valence-corrected chi connectivity index (χ3v) is 2.73. The van der Waals surface area contributed by atoms with Crippen LogP contribution in [0.1, 0.15) is 23.7 Å². The molecule has 0 aliphatic heterocycles. The van der Waals surface area contributed by atoms with Gasteiger partial charge in [-0.3, -0.25) is 4.90 Å². The van der Waals surface area contributed by atoms with Crippen molar-refractivity contribution in [3.63, 3.8) is 0 Å². The van der Waals surface area contributed by atoms with Crippen LogP contribution in [0.15, 0.2) is 24.3 Å². The smallest absolute Gasteiger partial charge is 0.401 e. The van der Waals surface area contributed by atoms with Gasteiger partial charge in [0.1, 0.15) is 17.9 Å². The van der Waals surface area contributed by atoms with Crippen LogP contribution >= 0.6 is 0 Å². The molecular weight excluding hydrogens is 287 g/mol. The first-order chi connectivity index (χ1) is 9.83. The van der Waals surface area contributed by atoms with Gasteiger partial charge in [-0.2, -0.15) is 13.2 Å². The van der Waals surface area contributed by atoms with E-state index in [0.29, 0.717) is 13.0 Å². The number of ether oxygens (including phenoxy) is 1. The number of nitrogens with zero attached hydrogens (tertiary/aromatic N) is 1. The Hall–Kier alpha value is -1.76. The average molecular weight is 305 g/mol. The number of aromatic carboxylic acids is 1. The van der Waals surface area contributed by atoms with Gasteiger partial charge in [-0.05, 0) is 25.1 Å². The van der Waals surface area contributed by atoms with E-state index in [-0.39, 0.29) is 24.5 Å². The number of alkyl halides is 3. The fourth-order valence-corrected chi connectivity index (χ4v) is 1.89. The minimum Gasteiger partial charge on any atom is -0.491 e. The SMILES string of the molecule is CCCN(CCOc1ccccc1C(=O)O)CC(F)(F)F. The molecule has 0 aliphatic rings. The van der Waals surface area contributed by atoms with Crippen LogP contribution in [0.25, 0.3) is 0 Å². The molecule has 0 bridgehead atoms. The molecular formula is C14H18F3NO3. The van der Waals surface area contributed by atoms with Crippen molar-refractivity contribution < 1.29 is 27.8 Å². The van der Waals surface area contributed by atoms with Crippen molar-refractivity contribution in [2.45, 2.75) is 19.5 Å². The largest absolute Gasteiger partial charge is 0.491 e. The van der Waals surface area contributed by atoms with Crippen molar-refractivity contribution in [1.29, 1.82) is 0 Å². The van der Waals surface area contributed by atoms with E-state index in [9.17, 15) is 18.0 Å². The molecule has 0 saturated carbocycles. The van der Waals surface area contributed by atoms with E-state index in [1.807, 2.05) is 0 Å². The number of carboxylic acid groups (broad SMARTS) is 1. The molecule has 1 rings (SSSR count). The number of halogens is 3. The van der Waals surface area contributed by atoms with E-state index >= 15 is 0 Å². The van der Waals surface area contributed by atoms with Gasteiger partial charge in [-0.15, -0.1) is 0 Å². The van der Waals surface area contributed by atoms with Crippen LogP contribution < -0.4 is 4.74 Å². The lowest BCUT2D eigenvalue weighted by atomic mass is 10.2. The first-order valence-electron chi connectivity index (χ1n) is 6.57. The van der Waals surface area contributed by atoms with Crippen LogP contribution in [-0.4, -0.2) is 48.4 Å². The predicted octanol–water partition coefficient (Wildman–Crippen LogP) is 3.04. The van der Waals surface area contributed by atoms with Gasteiger partial charge >= 0.3 is 12.1 Å². The Kier molecular flexibility index (Phi) is 6.48. The standard InChI is InChI=1S/C14H18F3NO3/c1-2-7-18(10-14(15,16)17)8-9-21-12-6-4-3-5-11(12)13(19)20/h3-6H,2,7-10H2,1H3,(H,19,20). The number of para-hydroxylation sites is 1. The molecule has 0 heterocycles. The number of carboxylic acids is 1. The Bertz CT molecular complexity index is 463. The molecule has 0 fully saturated rings. The normalized spacial score (nSPS) is 11.7. The van der Waals surface area contributed by atoms with Crippen molar-refractivity contribution in [1.82, 2.24) is 4.90 Å². The second-order valence-electron chi connectivity index (χ2n) is 4.54. The number of hydrogen-bond donors (Lipinski definition) is 1. The van der Waals surface area contributed by atoms with Crippen LogP contribution in [0.2, 0.25) is 0 Å². The molecule has 1 N–H and O–H groups in total. The average Bonchev–Trinajstić information content (AvgIpc) is 2.37. The summed E-state index contributed by atoms with van der Waals surface area (Å²) in [6, 6.07) is 6.04. The second-order valence-corrected chi connectivity index (χ2v) is 4.54. The molecule has 0 aromatic heterocycles. The summed E-state index contributed by atoms with van der Waals surface area (Å²) in [4.78, 5) is 12.2. The topological polar surface area (TPSA) is 49.8 Å². The highest BCUT2D eigenvalue weighted by Crippen LogP contribution is 2.19. The van der Waals surface area contributed by atoms with Crippen molar-refractivity contribution in [3.05, 3.63) is 29.8 Å². The van der Waals surface area contributed by atoms with E-state index in [1.165, 1.54) is 17.0 Å². The van der Waals surface area contributed by atoms with Gasteiger partial charge in [-0.1, -0.05) is 19.1 Å². The minimum atomic E-state index is -4.26. The summed E-state index contributed by atoms with van der Waals surface area (Å²) >= 11 is 0. The molecule has 1 aromatic carbocycles. The number of rotatable bonds is 8. The van der Waals surface area contributed by atoms with Crippen molar-refractivity contribution in [3.8, 4) is 5.75 Å². The quantitative estimate of drug-likeness (QED) is 0.802.